The monoisotopic (exact) mass is 488 g/mol. The third-order valence-corrected chi connectivity index (χ3v) is 16.1. The standard InChI is InChI=1S/C26H28Ge2/c1-27(2)25(21-13-7-5-8-14-21)19-20-26(28(3)4,22-15-9-6-10-16-22)24-18-12-11-17-23(24)25/h5-20H,1-4H3. The van der Waals surface area contributed by atoms with Crippen LogP contribution in [0.3, 0.4) is 0 Å². The van der Waals surface area contributed by atoms with Crippen LogP contribution in [-0.4, -0.2) is 28.7 Å². The molecule has 3 aromatic rings. The summed E-state index contributed by atoms with van der Waals surface area (Å²) in [5.74, 6) is 10.1. The Balaban J connectivity index is 2.07. The van der Waals surface area contributed by atoms with E-state index in [0.29, 0.717) is 0 Å². The van der Waals surface area contributed by atoms with Crippen molar-refractivity contribution in [2.75, 3.05) is 0 Å². The summed E-state index contributed by atoms with van der Waals surface area (Å²) in [6.07, 6.45) is 5.24. The van der Waals surface area contributed by atoms with E-state index < -0.39 is 28.7 Å². The Morgan fingerprint density at radius 2 is 0.786 bits per heavy atom. The van der Waals surface area contributed by atoms with Crippen LogP contribution in [0.25, 0.3) is 0 Å². The number of allylic oxidation sites excluding steroid dienone is 2. The summed E-state index contributed by atoms with van der Waals surface area (Å²) < 4.78 is 0.174. The molecular weight excluding hydrogens is 458 g/mol. The first-order chi connectivity index (χ1) is 13.5. The summed E-state index contributed by atoms with van der Waals surface area (Å²) in [5.41, 5.74) is 6.05. The average molecular weight is 486 g/mol. The van der Waals surface area contributed by atoms with Gasteiger partial charge in [-0.15, -0.1) is 0 Å². The molecule has 0 saturated heterocycles. The summed E-state index contributed by atoms with van der Waals surface area (Å²) in [6.45, 7) is 0. The zero-order valence-corrected chi connectivity index (χ0v) is 21.4. The van der Waals surface area contributed by atoms with E-state index in [9.17, 15) is 0 Å². The van der Waals surface area contributed by atoms with Crippen molar-refractivity contribution < 1.29 is 0 Å². The van der Waals surface area contributed by atoms with E-state index in [1.165, 1.54) is 11.1 Å². The van der Waals surface area contributed by atoms with Crippen LogP contribution in [0, 0.1) is 0 Å². The van der Waals surface area contributed by atoms with E-state index in [4.69, 9.17) is 0 Å². The van der Waals surface area contributed by atoms with E-state index in [-0.39, 0.29) is 8.49 Å². The molecule has 0 nitrogen and oxygen atoms in total. The molecule has 0 bridgehead atoms. The maximum absolute atomic E-state index is 2.62. The zero-order chi connectivity index (χ0) is 19.8. The van der Waals surface area contributed by atoms with Crippen molar-refractivity contribution in [1.82, 2.24) is 0 Å². The van der Waals surface area contributed by atoms with Crippen LogP contribution in [0.5, 0.6) is 0 Å². The molecular formula is C26H28Ge2. The molecule has 2 heteroatoms. The van der Waals surface area contributed by atoms with Crippen molar-refractivity contribution in [2.45, 2.75) is 31.5 Å². The molecule has 0 aromatic heterocycles. The Hall–Kier alpha value is -1.51. The quantitative estimate of drug-likeness (QED) is 0.296. The predicted octanol–water partition coefficient (Wildman–Crippen LogP) is 6.42. The molecule has 2 unspecified atom stereocenters. The Labute approximate surface area is 178 Å². The Bertz CT molecular complexity index is 895. The van der Waals surface area contributed by atoms with Crippen LogP contribution >= 0.6 is 0 Å². The van der Waals surface area contributed by atoms with E-state index in [2.05, 4.69) is 120 Å². The van der Waals surface area contributed by atoms with Crippen LogP contribution in [-0.2, 0) is 8.49 Å². The molecule has 0 aliphatic heterocycles. The second kappa shape index (κ2) is 7.72. The molecule has 2 radical (unpaired) electrons. The third kappa shape index (κ3) is 2.88. The van der Waals surface area contributed by atoms with Gasteiger partial charge in [-0.05, 0) is 0 Å². The molecule has 1 aliphatic carbocycles. The summed E-state index contributed by atoms with van der Waals surface area (Å²) in [6, 6.07) is 31.8. The Morgan fingerprint density at radius 3 is 1.11 bits per heavy atom. The van der Waals surface area contributed by atoms with Gasteiger partial charge in [-0.25, -0.2) is 0 Å². The van der Waals surface area contributed by atoms with Gasteiger partial charge in [0, 0.05) is 0 Å². The SMILES string of the molecule is [CH3][Ge]([CH3])[C]1(c2ccccc2)C=C[C](c2ccccc2)([Ge]([CH3])[CH3])c2ccccc21. The number of benzene rings is 3. The molecule has 28 heavy (non-hydrogen) atoms. The van der Waals surface area contributed by atoms with Crippen LogP contribution in [0.2, 0.25) is 23.0 Å². The van der Waals surface area contributed by atoms with Gasteiger partial charge >= 0.3 is 180 Å². The molecule has 0 fully saturated rings. The molecule has 2 atom stereocenters. The van der Waals surface area contributed by atoms with Crippen molar-refractivity contribution in [3.63, 3.8) is 0 Å². The van der Waals surface area contributed by atoms with Gasteiger partial charge in [0.1, 0.15) is 0 Å². The number of rotatable bonds is 4. The number of fused-ring (bicyclic) bond motifs is 1. The first-order valence-corrected chi connectivity index (χ1v) is 20.5. The fourth-order valence-electron chi connectivity index (χ4n) is 4.96. The summed E-state index contributed by atoms with van der Waals surface area (Å²) in [5, 5.41) is 0. The summed E-state index contributed by atoms with van der Waals surface area (Å²) in [4.78, 5) is 0. The van der Waals surface area contributed by atoms with Crippen molar-refractivity contribution in [3.8, 4) is 0 Å². The average Bonchev–Trinajstić information content (AvgIpc) is 2.74. The topological polar surface area (TPSA) is 0 Å². The number of hydrogen-bond donors (Lipinski definition) is 0. The fourth-order valence-corrected chi connectivity index (χ4v) is 13.0. The van der Waals surface area contributed by atoms with Crippen LogP contribution in [0.1, 0.15) is 22.3 Å². The van der Waals surface area contributed by atoms with E-state index in [1.54, 1.807) is 11.1 Å². The predicted molar refractivity (Wildman–Crippen MR) is 125 cm³/mol. The maximum atomic E-state index is 2.62. The van der Waals surface area contributed by atoms with Gasteiger partial charge in [-0.3, -0.25) is 0 Å². The molecule has 0 saturated carbocycles. The summed E-state index contributed by atoms with van der Waals surface area (Å²) in [7, 11) is 0. The van der Waals surface area contributed by atoms with E-state index in [1.807, 2.05) is 0 Å². The fraction of sp³-hybridized carbons (Fsp3) is 0.231. The van der Waals surface area contributed by atoms with Gasteiger partial charge in [-0.2, -0.15) is 0 Å². The number of hydrogen-bond acceptors (Lipinski definition) is 0. The minimum atomic E-state index is -1.42. The van der Waals surface area contributed by atoms with Gasteiger partial charge in [0.25, 0.3) is 0 Å². The molecule has 4 rings (SSSR count). The molecule has 1 aliphatic rings. The first kappa shape index (κ1) is 19.8. The van der Waals surface area contributed by atoms with Crippen LogP contribution in [0.4, 0.5) is 0 Å². The van der Waals surface area contributed by atoms with Crippen LogP contribution < -0.4 is 0 Å². The normalized spacial score (nSPS) is 23.8. The van der Waals surface area contributed by atoms with Crippen molar-refractivity contribution in [2.24, 2.45) is 0 Å². The Morgan fingerprint density at radius 1 is 0.464 bits per heavy atom. The van der Waals surface area contributed by atoms with Gasteiger partial charge < -0.3 is 0 Å². The Kier molecular flexibility index (Phi) is 5.46. The van der Waals surface area contributed by atoms with Gasteiger partial charge in [0.15, 0.2) is 0 Å². The van der Waals surface area contributed by atoms with Gasteiger partial charge in [-0.1, -0.05) is 0 Å². The van der Waals surface area contributed by atoms with Crippen molar-refractivity contribution in [3.05, 3.63) is 119 Å². The van der Waals surface area contributed by atoms with E-state index in [0.717, 1.165) is 0 Å². The summed E-state index contributed by atoms with van der Waals surface area (Å²) >= 11 is -2.84. The zero-order valence-electron chi connectivity index (χ0n) is 17.2. The molecule has 0 heterocycles. The molecule has 3 aromatic carbocycles. The van der Waals surface area contributed by atoms with Gasteiger partial charge in [0.2, 0.25) is 0 Å². The first-order valence-electron chi connectivity index (χ1n) is 10.1. The molecule has 140 valence electrons. The minimum absolute atomic E-state index is 0.0872. The second-order valence-electron chi connectivity index (χ2n) is 8.23. The van der Waals surface area contributed by atoms with Crippen molar-refractivity contribution >= 4 is 28.7 Å². The van der Waals surface area contributed by atoms with E-state index >= 15 is 0 Å². The van der Waals surface area contributed by atoms with Crippen molar-refractivity contribution in [1.29, 1.82) is 0 Å². The molecule has 0 N–H and O–H groups in total. The molecule has 0 spiro atoms. The van der Waals surface area contributed by atoms with Crippen LogP contribution in [0.15, 0.2) is 97.1 Å². The molecule has 0 amide bonds. The second-order valence-corrected chi connectivity index (χ2v) is 19.9. The van der Waals surface area contributed by atoms with Gasteiger partial charge in [0.05, 0.1) is 0 Å². The third-order valence-electron chi connectivity index (χ3n) is 6.40.